The summed E-state index contributed by atoms with van der Waals surface area (Å²) < 4.78 is 6.55. The molecular weight excluding hydrogens is 347 g/mol. The van der Waals surface area contributed by atoms with Gasteiger partial charge >= 0.3 is 5.97 Å². The fourth-order valence-corrected chi connectivity index (χ4v) is 1.65. The predicted molar refractivity (Wildman–Crippen MR) is 74.8 cm³/mol. The van der Waals surface area contributed by atoms with E-state index in [0.717, 1.165) is 3.57 Å². The van der Waals surface area contributed by atoms with Gasteiger partial charge in [-0.15, -0.1) is 0 Å². The molecule has 6 heteroatoms. The zero-order chi connectivity index (χ0) is 13.1. The first kappa shape index (κ1) is 12.6. The van der Waals surface area contributed by atoms with Gasteiger partial charge in [0.25, 0.3) is 0 Å². The third kappa shape index (κ3) is 2.89. The van der Waals surface area contributed by atoms with Crippen LogP contribution in [0, 0.1) is 3.57 Å². The molecule has 1 aromatic carbocycles. The highest BCUT2D eigenvalue weighted by atomic mass is 127. The van der Waals surface area contributed by atoms with Crippen LogP contribution in [0.2, 0.25) is 0 Å². The molecule has 0 amide bonds. The Morgan fingerprint density at radius 1 is 1.33 bits per heavy atom. The van der Waals surface area contributed by atoms with Crippen molar-refractivity contribution in [3.8, 4) is 11.6 Å². The lowest BCUT2D eigenvalue weighted by Gasteiger charge is -2.07. The van der Waals surface area contributed by atoms with Crippen LogP contribution in [0.4, 0.5) is 5.69 Å². The van der Waals surface area contributed by atoms with Crippen molar-refractivity contribution < 1.29 is 14.6 Å². The number of carboxylic acids is 1. The lowest BCUT2D eigenvalue weighted by molar-refractivity contribution is 0.0696. The van der Waals surface area contributed by atoms with Gasteiger partial charge in [-0.3, -0.25) is 0 Å². The summed E-state index contributed by atoms with van der Waals surface area (Å²) in [6.07, 6.45) is 1.21. The van der Waals surface area contributed by atoms with Gasteiger partial charge in [-0.1, -0.05) is 0 Å². The molecule has 0 saturated heterocycles. The van der Waals surface area contributed by atoms with Crippen LogP contribution in [0.15, 0.2) is 36.5 Å². The van der Waals surface area contributed by atoms with Crippen molar-refractivity contribution in [3.05, 3.63) is 45.7 Å². The van der Waals surface area contributed by atoms with E-state index in [1.54, 1.807) is 12.1 Å². The number of aromatic carboxylic acids is 1. The van der Waals surface area contributed by atoms with Gasteiger partial charge in [-0.05, 0) is 52.9 Å². The van der Waals surface area contributed by atoms with Crippen molar-refractivity contribution in [1.82, 2.24) is 4.98 Å². The normalized spacial score (nSPS) is 10.1. The molecule has 2 rings (SSSR count). The largest absolute Gasteiger partial charge is 0.478 e. The maximum atomic E-state index is 10.7. The number of carboxylic acid groups (broad SMARTS) is 1. The lowest BCUT2D eigenvalue weighted by Crippen LogP contribution is -2.01. The van der Waals surface area contributed by atoms with Crippen LogP contribution >= 0.6 is 22.6 Å². The predicted octanol–water partition coefficient (Wildman–Crippen LogP) is 2.76. The monoisotopic (exact) mass is 356 g/mol. The summed E-state index contributed by atoms with van der Waals surface area (Å²) in [5.74, 6) is -0.283. The van der Waals surface area contributed by atoms with Crippen LogP contribution in [-0.2, 0) is 0 Å². The molecule has 2 aromatic rings. The number of nitrogens with two attached hydrogens (primary N) is 1. The Balaban J connectivity index is 2.24. The highest BCUT2D eigenvalue weighted by Crippen LogP contribution is 2.25. The van der Waals surface area contributed by atoms with E-state index in [1.165, 1.54) is 12.3 Å². The standard InChI is InChI=1S/C12H9IN2O3/c13-8-1-3-9(4-2-8)18-11-10(14)5-7(6-15-11)12(16)17/h1-6H,14H2,(H,16,17). The van der Waals surface area contributed by atoms with Crippen molar-refractivity contribution in [2.75, 3.05) is 5.73 Å². The van der Waals surface area contributed by atoms with E-state index in [-0.39, 0.29) is 17.1 Å². The summed E-state index contributed by atoms with van der Waals surface area (Å²) in [7, 11) is 0. The highest BCUT2D eigenvalue weighted by molar-refractivity contribution is 14.1. The molecular formula is C12H9IN2O3. The van der Waals surface area contributed by atoms with Gasteiger partial charge in [-0.2, -0.15) is 0 Å². The third-order valence-electron chi connectivity index (χ3n) is 2.15. The second-order valence-corrected chi connectivity index (χ2v) is 4.73. The zero-order valence-electron chi connectivity index (χ0n) is 9.13. The second kappa shape index (κ2) is 5.21. The molecule has 0 bridgehead atoms. The number of hydrogen-bond donors (Lipinski definition) is 2. The molecule has 1 aromatic heterocycles. The van der Waals surface area contributed by atoms with E-state index < -0.39 is 5.97 Å². The van der Waals surface area contributed by atoms with Gasteiger partial charge in [-0.25, -0.2) is 9.78 Å². The van der Waals surface area contributed by atoms with Crippen LogP contribution in [0.1, 0.15) is 10.4 Å². The molecule has 18 heavy (non-hydrogen) atoms. The molecule has 5 nitrogen and oxygen atoms in total. The maximum Gasteiger partial charge on any atom is 0.337 e. The molecule has 3 N–H and O–H groups in total. The number of carbonyl (C=O) groups is 1. The van der Waals surface area contributed by atoms with Gasteiger partial charge in [0.05, 0.1) is 11.3 Å². The van der Waals surface area contributed by atoms with Crippen molar-refractivity contribution in [2.45, 2.75) is 0 Å². The Morgan fingerprint density at radius 2 is 2.00 bits per heavy atom. The molecule has 0 unspecified atom stereocenters. The van der Waals surface area contributed by atoms with Crippen molar-refractivity contribution in [2.24, 2.45) is 0 Å². The number of nitrogens with zero attached hydrogens (tertiary/aromatic N) is 1. The molecule has 0 aliphatic carbocycles. The summed E-state index contributed by atoms with van der Waals surface area (Å²) in [5.41, 5.74) is 5.90. The molecule has 0 aliphatic rings. The molecule has 0 aliphatic heterocycles. The summed E-state index contributed by atoms with van der Waals surface area (Å²) in [6, 6.07) is 8.66. The van der Waals surface area contributed by atoms with E-state index in [9.17, 15) is 4.79 Å². The minimum atomic E-state index is -1.07. The maximum absolute atomic E-state index is 10.7. The van der Waals surface area contributed by atoms with Crippen LogP contribution in [0.5, 0.6) is 11.6 Å². The molecule has 1 heterocycles. The smallest absolute Gasteiger partial charge is 0.337 e. The third-order valence-corrected chi connectivity index (χ3v) is 2.87. The number of pyridine rings is 1. The Labute approximate surface area is 117 Å². The summed E-state index contributed by atoms with van der Waals surface area (Å²) in [4.78, 5) is 14.6. The molecule has 0 spiro atoms. The zero-order valence-corrected chi connectivity index (χ0v) is 11.3. The SMILES string of the molecule is Nc1cc(C(=O)O)cnc1Oc1ccc(I)cc1. The Morgan fingerprint density at radius 3 is 2.56 bits per heavy atom. The quantitative estimate of drug-likeness (QED) is 0.826. The number of hydrogen-bond acceptors (Lipinski definition) is 4. The summed E-state index contributed by atoms with van der Waals surface area (Å²) in [5, 5.41) is 8.78. The Kier molecular flexibility index (Phi) is 3.66. The number of halogens is 1. The molecule has 0 fully saturated rings. The summed E-state index contributed by atoms with van der Waals surface area (Å²) in [6.45, 7) is 0. The first-order valence-corrected chi connectivity index (χ1v) is 6.06. The number of aromatic nitrogens is 1. The van der Waals surface area contributed by atoms with E-state index in [0.29, 0.717) is 5.75 Å². The van der Waals surface area contributed by atoms with E-state index in [1.807, 2.05) is 12.1 Å². The average Bonchev–Trinajstić information content (AvgIpc) is 2.34. The van der Waals surface area contributed by atoms with Gasteiger partial charge < -0.3 is 15.6 Å². The Bertz CT molecular complexity index is 584. The van der Waals surface area contributed by atoms with E-state index in [2.05, 4.69) is 27.6 Å². The highest BCUT2D eigenvalue weighted by Gasteiger charge is 2.09. The fraction of sp³-hybridized carbons (Fsp3) is 0. The number of benzene rings is 1. The van der Waals surface area contributed by atoms with Gasteiger partial charge in [0.15, 0.2) is 0 Å². The van der Waals surface area contributed by atoms with Gasteiger partial charge in [0, 0.05) is 9.77 Å². The van der Waals surface area contributed by atoms with Gasteiger partial charge in [0.1, 0.15) is 5.75 Å². The number of ether oxygens (including phenoxy) is 1. The minimum Gasteiger partial charge on any atom is -0.478 e. The van der Waals surface area contributed by atoms with Crippen LogP contribution < -0.4 is 10.5 Å². The van der Waals surface area contributed by atoms with Crippen molar-refractivity contribution >= 4 is 34.2 Å². The van der Waals surface area contributed by atoms with Crippen LogP contribution in [0.25, 0.3) is 0 Å². The van der Waals surface area contributed by atoms with Crippen molar-refractivity contribution in [1.29, 1.82) is 0 Å². The molecule has 92 valence electrons. The first-order chi connectivity index (χ1) is 8.56. The fourth-order valence-electron chi connectivity index (χ4n) is 1.29. The second-order valence-electron chi connectivity index (χ2n) is 3.48. The van der Waals surface area contributed by atoms with Crippen LogP contribution in [0.3, 0.4) is 0 Å². The van der Waals surface area contributed by atoms with Gasteiger partial charge in [0.2, 0.25) is 5.88 Å². The molecule has 0 radical (unpaired) electrons. The van der Waals surface area contributed by atoms with Crippen LogP contribution in [-0.4, -0.2) is 16.1 Å². The summed E-state index contributed by atoms with van der Waals surface area (Å²) >= 11 is 2.18. The molecule has 0 saturated carbocycles. The lowest BCUT2D eigenvalue weighted by atomic mass is 10.2. The number of nitrogen functional groups attached to an aromatic ring is 1. The number of rotatable bonds is 3. The Hall–Kier alpha value is -1.83. The number of anilines is 1. The van der Waals surface area contributed by atoms with E-state index in [4.69, 9.17) is 15.6 Å². The first-order valence-electron chi connectivity index (χ1n) is 4.98. The van der Waals surface area contributed by atoms with Crippen molar-refractivity contribution in [3.63, 3.8) is 0 Å². The molecule has 0 atom stereocenters. The topological polar surface area (TPSA) is 85.4 Å². The van der Waals surface area contributed by atoms with E-state index >= 15 is 0 Å². The minimum absolute atomic E-state index is 0.0301. The average molecular weight is 356 g/mol.